The van der Waals surface area contributed by atoms with Crippen molar-refractivity contribution in [1.29, 1.82) is 0 Å². The summed E-state index contributed by atoms with van der Waals surface area (Å²) in [4.78, 5) is 4.32. The van der Waals surface area contributed by atoms with Crippen molar-refractivity contribution < 1.29 is 4.74 Å². The van der Waals surface area contributed by atoms with Crippen LogP contribution in [0.25, 0.3) is 0 Å². The highest BCUT2D eigenvalue weighted by atomic mass is 16.5. The Kier molecular flexibility index (Phi) is 7.19. The van der Waals surface area contributed by atoms with Crippen LogP contribution in [-0.2, 0) is 4.74 Å². The van der Waals surface area contributed by atoms with Crippen LogP contribution in [-0.4, -0.2) is 30.8 Å². The largest absolute Gasteiger partial charge is 0.378 e. The molecule has 102 valence electrons. The van der Waals surface area contributed by atoms with Crippen LogP contribution in [0.15, 0.2) is 4.99 Å². The van der Waals surface area contributed by atoms with E-state index in [1.807, 2.05) is 6.92 Å². The molecule has 0 aromatic rings. The predicted octanol–water partition coefficient (Wildman–Crippen LogP) is 2.14. The fourth-order valence-electron chi connectivity index (χ4n) is 1.56. The van der Waals surface area contributed by atoms with E-state index in [9.17, 15) is 0 Å². The summed E-state index contributed by atoms with van der Waals surface area (Å²) in [6.07, 6.45) is 1.18. The monoisotopic (exact) mass is 243 g/mol. The quantitative estimate of drug-likeness (QED) is 0.555. The standard InChI is InChI=1S/C13H29N3O/c1-7-17-11(10(2)3)8-9-15-12(14)16-13(4,5)6/h10-11H,7-9H2,1-6H3,(H3,14,15,16). The smallest absolute Gasteiger partial charge is 0.188 e. The number of ether oxygens (including phenoxy) is 1. The van der Waals surface area contributed by atoms with E-state index >= 15 is 0 Å². The van der Waals surface area contributed by atoms with Gasteiger partial charge in [-0.05, 0) is 40.0 Å². The Hall–Kier alpha value is -0.770. The van der Waals surface area contributed by atoms with Gasteiger partial charge in [-0.3, -0.25) is 4.99 Å². The van der Waals surface area contributed by atoms with Crippen molar-refractivity contribution >= 4 is 5.96 Å². The fraction of sp³-hybridized carbons (Fsp3) is 0.923. The lowest BCUT2D eigenvalue weighted by Crippen LogP contribution is -2.45. The number of guanidine groups is 1. The summed E-state index contributed by atoms with van der Waals surface area (Å²) >= 11 is 0. The molecule has 0 aliphatic heterocycles. The normalized spacial score (nSPS) is 15.1. The lowest BCUT2D eigenvalue weighted by Gasteiger charge is -2.22. The van der Waals surface area contributed by atoms with Crippen LogP contribution >= 0.6 is 0 Å². The topological polar surface area (TPSA) is 59.6 Å². The van der Waals surface area contributed by atoms with E-state index in [1.54, 1.807) is 0 Å². The van der Waals surface area contributed by atoms with Crippen LogP contribution in [0.2, 0.25) is 0 Å². The van der Waals surface area contributed by atoms with Gasteiger partial charge in [0.1, 0.15) is 0 Å². The molecule has 1 atom stereocenters. The second kappa shape index (κ2) is 7.54. The zero-order chi connectivity index (χ0) is 13.5. The molecule has 0 aliphatic rings. The molecule has 0 radical (unpaired) electrons. The van der Waals surface area contributed by atoms with Crippen LogP contribution in [0.3, 0.4) is 0 Å². The van der Waals surface area contributed by atoms with E-state index < -0.39 is 0 Å². The first-order valence-corrected chi connectivity index (χ1v) is 6.46. The van der Waals surface area contributed by atoms with E-state index in [2.05, 4.69) is 44.9 Å². The maximum atomic E-state index is 5.79. The van der Waals surface area contributed by atoms with Gasteiger partial charge in [-0.25, -0.2) is 0 Å². The van der Waals surface area contributed by atoms with E-state index in [1.165, 1.54) is 0 Å². The number of aliphatic imine (C=N–C) groups is 1. The molecule has 4 nitrogen and oxygen atoms in total. The maximum absolute atomic E-state index is 5.79. The van der Waals surface area contributed by atoms with Crippen molar-refractivity contribution in [3.63, 3.8) is 0 Å². The summed E-state index contributed by atoms with van der Waals surface area (Å²) in [6.45, 7) is 14.0. The van der Waals surface area contributed by atoms with Crippen molar-refractivity contribution in [2.45, 2.75) is 59.6 Å². The minimum absolute atomic E-state index is 0.0368. The van der Waals surface area contributed by atoms with Gasteiger partial charge in [0.15, 0.2) is 5.96 Å². The Bertz CT molecular complexity index is 231. The molecule has 0 saturated carbocycles. The van der Waals surface area contributed by atoms with Gasteiger partial charge >= 0.3 is 0 Å². The first-order valence-electron chi connectivity index (χ1n) is 6.46. The molecular weight excluding hydrogens is 214 g/mol. The van der Waals surface area contributed by atoms with Crippen LogP contribution in [0, 0.1) is 5.92 Å². The van der Waals surface area contributed by atoms with Crippen LogP contribution in [0.1, 0.15) is 48.0 Å². The number of nitrogens with zero attached hydrogens (tertiary/aromatic N) is 1. The van der Waals surface area contributed by atoms with Crippen LogP contribution in [0.4, 0.5) is 0 Å². The highest BCUT2D eigenvalue weighted by Gasteiger charge is 2.13. The molecule has 0 amide bonds. The molecule has 0 aromatic heterocycles. The van der Waals surface area contributed by atoms with Crippen molar-refractivity contribution in [3.8, 4) is 0 Å². The summed E-state index contributed by atoms with van der Waals surface area (Å²) in [5.41, 5.74) is 5.76. The zero-order valence-corrected chi connectivity index (χ0v) is 12.2. The third kappa shape index (κ3) is 8.98. The third-order valence-electron chi connectivity index (χ3n) is 2.32. The summed E-state index contributed by atoms with van der Waals surface area (Å²) in [7, 11) is 0. The Morgan fingerprint density at radius 3 is 2.35 bits per heavy atom. The lowest BCUT2D eigenvalue weighted by molar-refractivity contribution is 0.0266. The Balaban J connectivity index is 4.05. The van der Waals surface area contributed by atoms with Gasteiger partial charge in [-0.15, -0.1) is 0 Å². The van der Waals surface area contributed by atoms with E-state index in [4.69, 9.17) is 10.5 Å². The average molecular weight is 243 g/mol. The van der Waals surface area contributed by atoms with Crippen molar-refractivity contribution in [2.75, 3.05) is 13.2 Å². The van der Waals surface area contributed by atoms with Gasteiger partial charge in [0, 0.05) is 18.7 Å². The van der Waals surface area contributed by atoms with Gasteiger partial charge < -0.3 is 15.8 Å². The minimum atomic E-state index is -0.0368. The maximum Gasteiger partial charge on any atom is 0.188 e. The molecular formula is C13H29N3O. The van der Waals surface area contributed by atoms with Crippen LogP contribution in [0.5, 0.6) is 0 Å². The Morgan fingerprint density at radius 1 is 1.35 bits per heavy atom. The zero-order valence-electron chi connectivity index (χ0n) is 12.2. The first kappa shape index (κ1) is 16.2. The SMILES string of the molecule is CCOC(CCN=C(N)NC(C)(C)C)C(C)C. The molecule has 4 heteroatoms. The second-order valence-electron chi connectivity index (χ2n) is 5.67. The van der Waals surface area contributed by atoms with E-state index in [0.29, 0.717) is 18.4 Å². The molecule has 0 fully saturated rings. The third-order valence-corrected chi connectivity index (χ3v) is 2.32. The molecule has 0 spiro atoms. The number of hydrogen-bond acceptors (Lipinski definition) is 2. The van der Waals surface area contributed by atoms with Gasteiger partial charge in [0.25, 0.3) is 0 Å². The highest BCUT2D eigenvalue weighted by molar-refractivity contribution is 5.78. The summed E-state index contributed by atoms with van der Waals surface area (Å²) in [5, 5.41) is 3.14. The van der Waals surface area contributed by atoms with Gasteiger partial charge in [0.05, 0.1) is 6.10 Å². The van der Waals surface area contributed by atoms with E-state index in [0.717, 1.165) is 13.0 Å². The lowest BCUT2D eigenvalue weighted by atomic mass is 10.0. The average Bonchev–Trinajstić information content (AvgIpc) is 2.13. The van der Waals surface area contributed by atoms with E-state index in [-0.39, 0.29) is 11.6 Å². The van der Waals surface area contributed by atoms with Gasteiger partial charge in [-0.1, -0.05) is 13.8 Å². The highest BCUT2D eigenvalue weighted by Crippen LogP contribution is 2.10. The molecule has 0 heterocycles. The van der Waals surface area contributed by atoms with Gasteiger partial charge in [-0.2, -0.15) is 0 Å². The molecule has 0 aliphatic carbocycles. The summed E-state index contributed by atoms with van der Waals surface area (Å²) in [5.74, 6) is 1.03. The number of hydrogen-bond donors (Lipinski definition) is 2. The Morgan fingerprint density at radius 2 is 1.94 bits per heavy atom. The predicted molar refractivity (Wildman–Crippen MR) is 74.2 cm³/mol. The summed E-state index contributed by atoms with van der Waals surface area (Å²) in [6, 6.07) is 0. The first-order chi connectivity index (χ1) is 7.76. The molecule has 1 unspecified atom stereocenters. The molecule has 0 rings (SSSR count). The molecule has 0 aromatic carbocycles. The van der Waals surface area contributed by atoms with Gasteiger partial charge in [0.2, 0.25) is 0 Å². The molecule has 3 N–H and O–H groups in total. The number of nitrogens with one attached hydrogen (secondary N) is 1. The molecule has 17 heavy (non-hydrogen) atoms. The molecule has 0 bridgehead atoms. The number of nitrogens with two attached hydrogens (primary N) is 1. The Labute approximate surface area is 106 Å². The van der Waals surface area contributed by atoms with Crippen molar-refractivity contribution in [1.82, 2.24) is 5.32 Å². The van der Waals surface area contributed by atoms with Crippen molar-refractivity contribution in [3.05, 3.63) is 0 Å². The van der Waals surface area contributed by atoms with Crippen molar-refractivity contribution in [2.24, 2.45) is 16.6 Å². The fourth-order valence-corrected chi connectivity index (χ4v) is 1.56. The summed E-state index contributed by atoms with van der Waals surface area (Å²) < 4.78 is 5.66. The molecule has 0 saturated heterocycles. The number of rotatable bonds is 6. The minimum Gasteiger partial charge on any atom is -0.378 e. The van der Waals surface area contributed by atoms with Crippen LogP contribution < -0.4 is 11.1 Å². The second-order valence-corrected chi connectivity index (χ2v) is 5.67.